The number of anilines is 1. The standard InChI is InChI=1S/C19H17N3O3/c1-21-15-11-22(13-5-3-2-4-6-13)18(24)16(15)17(20-19(21)25)12-7-9-14(23)10-8-12/h2-10,17,23H,11H2,1H3,(H,20,25)/t17-/m1/s1. The predicted molar refractivity (Wildman–Crippen MR) is 93.0 cm³/mol. The summed E-state index contributed by atoms with van der Waals surface area (Å²) in [4.78, 5) is 28.6. The van der Waals surface area contributed by atoms with Crippen LogP contribution in [0.25, 0.3) is 0 Å². The number of nitrogens with zero attached hydrogens (tertiary/aromatic N) is 2. The van der Waals surface area contributed by atoms with E-state index >= 15 is 0 Å². The van der Waals surface area contributed by atoms with Crippen molar-refractivity contribution < 1.29 is 14.7 Å². The molecule has 0 saturated heterocycles. The average molecular weight is 335 g/mol. The number of nitrogens with one attached hydrogen (secondary N) is 1. The van der Waals surface area contributed by atoms with E-state index in [2.05, 4.69) is 5.32 Å². The number of aromatic hydroxyl groups is 1. The predicted octanol–water partition coefficient (Wildman–Crippen LogP) is 2.39. The van der Waals surface area contributed by atoms with Crippen molar-refractivity contribution >= 4 is 17.6 Å². The first-order valence-corrected chi connectivity index (χ1v) is 7.99. The normalized spacial score (nSPS) is 20.0. The van der Waals surface area contributed by atoms with Crippen LogP contribution in [0.1, 0.15) is 11.6 Å². The van der Waals surface area contributed by atoms with Crippen LogP contribution in [0.3, 0.4) is 0 Å². The van der Waals surface area contributed by atoms with Crippen molar-refractivity contribution in [3.63, 3.8) is 0 Å². The highest BCUT2D eigenvalue weighted by atomic mass is 16.3. The number of likely N-dealkylation sites (N-methyl/N-ethyl adjacent to an activating group) is 1. The van der Waals surface area contributed by atoms with Gasteiger partial charge in [-0.2, -0.15) is 0 Å². The summed E-state index contributed by atoms with van der Waals surface area (Å²) in [6, 6.07) is 15.2. The van der Waals surface area contributed by atoms with Gasteiger partial charge in [0.15, 0.2) is 0 Å². The number of hydrogen-bond donors (Lipinski definition) is 2. The minimum absolute atomic E-state index is 0.119. The lowest BCUT2D eigenvalue weighted by Crippen LogP contribution is -2.45. The maximum atomic E-state index is 13.1. The topological polar surface area (TPSA) is 72.9 Å². The summed E-state index contributed by atoms with van der Waals surface area (Å²) in [6.07, 6.45) is 0. The van der Waals surface area contributed by atoms with Crippen molar-refractivity contribution in [1.82, 2.24) is 10.2 Å². The van der Waals surface area contributed by atoms with Gasteiger partial charge in [-0.3, -0.25) is 9.69 Å². The molecule has 2 heterocycles. The lowest BCUT2D eigenvalue weighted by molar-refractivity contribution is -0.114. The number of phenolic OH excluding ortho intramolecular Hbond substituents is 1. The van der Waals surface area contributed by atoms with Crippen LogP contribution in [-0.4, -0.2) is 35.5 Å². The Labute approximate surface area is 145 Å². The lowest BCUT2D eigenvalue weighted by Gasteiger charge is -2.31. The van der Waals surface area contributed by atoms with Crippen LogP contribution in [0.2, 0.25) is 0 Å². The average Bonchev–Trinajstić information content (AvgIpc) is 2.97. The Morgan fingerprint density at radius 2 is 1.72 bits per heavy atom. The third-order valence-electron chi connectivity index (χ3n) is 4.65. The Kier molecular flexibility index (Phi) is 3.46. The van der Waals surface area contributed by atoms with Gasteiger partial charge in [-0.15, -0.1) is 0 Å². The third-order valence-corrected chi connectivity index (χ3v) is 4.65. The van der Waals surface area contributed by atoms with Crippen molar-refractivity contribution in [1.29, 1.82) is 0 Å². The molecule has 4 rings (SSSR count). The van der Waals surface area contributed by atoms with E-state index < -0.39 is 6.04 Å². The number of hydrogen-bond acceptors (Lipinski definition) is 3. The Morgan fingerprint density at radius 3 is 2.40 bits per heavy atom. The quantitative estimate of drug-likeness (QED) is 0.885. The van der Waals surface area contributed by atoms with Crippen molar-refractivity contribution in [2.45, 2.75) is 6.04 Å². The minimum Gasteiger partial charge on any atom is -0.508 e. The second kappa shape index (κ2) is 5.66. The Morgan fingerprint density at radius 1 is 1.04 bits per heavy atom. The van der Waals surface area contributed by atoms with E-state index in [4.69, 9.17) is 0 Å². The third kappa shape index (κ3) is 2.42. The van der Waals surface area contributed by atoms with Crippen LogP contribution in [0, 0.1) is 0 Å². The van der Waals surface area contributed by atoms with Crippen LogP contribution >= 0.6 is 0 Å². The van der Waals surface area contributed by atoms with Gasteiger partial charge in [0, 0.05) is 12.7 Å². The van der Waals surface area contributed by atoms with E-state index in [1.54, 1.807) is 36.2 Å². The molecule has 0 unspecified atom stereocenters. The molecule has 0 spiro atoms. The molecular formula is C19H17N3O3. The highest BCUT2D eigenvalue weighted by Crippen LogP contribution is 2.37. The number of urea groups is 1. The van der Waals surface area contributed by atoms with Crippen LogP contribution in [-0.2, 0) is 4.79 Å². The smallest absolute Gasteiger partial charge is 0.322 e. The molecule has 1 atom stereocenters. The molecule has 2 aromatic carbocycles. The van der Waals surface area contributed by atoms with Crippen molar-refractivity contribution in [3.05, 3.63) is 71.4 Å². The number of benzene rings is 2. The van der Waals surface area contributed by atoms with Crippen LogP contribution in [0.5, 0.6) is 5.75 Å². The van der Waals surface area contributed by atoms with Gasteiger partial charge in [0.05, 0.1) is 23.9 Å². The first-order valence-electron chi connectivity index (χ1n) is 7.99. The number of carbonyl (C=O) groups is 2. The van der Waals surface area contributed by atoms with Gasteiger partial charge in [0.25, 0.3) is 5.91 Å². The Bertz CT molecular complexity index is 875. The van der Waals surface area contributed by atoms with Gasteiger partial charge in [-0.1, -0.05) is 30.3 Å². The highest BCUT2D eigenvalue weighted by Gasteiger charge is 2.43. The minimum atomic E-state index is -0.527. The summed E-state index contributed by atoms with van der Waals surface area (Å²) in [5.41, 5.74) is 2.83. The van der Waals surface area contributed by atoms with Gasteiger partial charge < -0.3 is 15.3 Å². The number of para-hydroxylation sites is 1. The van der Waals surface area contributed by atoms with E-state index in [-0.39, 0.29) is 17.7 Å². The zero-order chi connectivity index (χ0) is 17.6. The summed E-state index contributed by atoms with van der Waals surface area (Å²) < 4.78 is 0. The molecule has 2 aromatic rings. The first kappa shape index (κ1) is 15.3. The molecule has 0 aliphatic carbocycles. The van der Waals surface area contributed by atoms with E-state index in [9.17, 15) is 14.7 Å². The van der Waals surface area contributed by atoms with Gasteiger partial charge in [0.2, 0.25) is 0 Å². The fourth-order valence-corrected chi connectivity index (χ4v) is 3.30. The fraction of sp³-hybridized carbons (Fsp3) is 0.158. The molecule has 0 saturated carbocycles. The van der Waals surface area contributed by atoms with Gasteiger partial charge in [0.1, 0.15) is 5.75 Å². The number of carbonyl (C=O) groups excluding carboxylic acids is 2. The van der Waals surface area contributed by atoms with Gasteiger partial charge in [-0.05, 0) is 29.8 Å². The fourth-order valence-electron chi connectivity index (χ4n) is 3.30. The van der Waals surface area contributed by atoms with Gasteiger partial charge >= 0.3 is 6.03 Å². The SMILES string of the molecule is CN1C(=O)N[C@H](c2ccc(O)cc2)C2=C1CN(c1ccccc1)C2=O. The molecule has 2 aliphatic rings. The van der Waals surface area contributed by atoms with E-state index in [0.717, 1.165) is 11.3 Å². The van der Waals surface area contributed by atoms with Gasteiger partial charge in [-0.25, -0.2) is 4.79 Å². The molecular weight excluding hydrogens is 318 g/mol. The summed E-state index contributed by atoms with van der Waals surface area (Å²) in [5.74, 6) is 0.0204. The molecule has 0 fully saturated rings. The summed E-state index contributed by atoms with van der Waals surface area (Å²) in [6.45, 7) is 0.358. The highest BCUT2D eigenvalue weighted by molar-refractivity contribution is 6.11. The van der Waals surface area contributed by atoms with Crippen LogP contribution < -0.4 is 10.2 Å². The molecule has 6 heteroatoms. The molecule has 3 amide bonds. The molecule has 6 nitrogen and oxygen atoms in total. The van der Waals surface area contributed by atoms with E-state index in [1.165, 1.54) is 4.90 Å². The molecule has 25 heavy (non-hydrogen) atoms. The number of phenols is 1. The Hall–Kier alpha value is -3.28. The monoisotopic (exact) mass is 335 g/mol. The summed E-state index contributed by atoms with van der Waals surface area (Å²) >= 11 is 0. The zero-order valence-electron chi connectivity index (χ0n) is 13.6. The molecule has 0 bridgehead atoms. The first-order chi connectivity index (χ1) is 12.1. The largest absolute Gasteiger partial charge is 0.508 e. The van der Waals surface area contributed by atoms with Crippen molar-refractivity contribution in [2.75, 3.05) is 18.5 Å². The molecule has 126 valence electrons. The van der Waals surface area contributed by atoms with Crippen LogP contribution in [0.15, 0.2) is 65.9 Å². The van der Waals surface area contributed by atoms with Crippen molar-refractivity contribution in [3.8, 4) is 5.75 Å². The number of rotatable bonds is 2. The summed E-state index contributed by atoms with van der Waals surface area (Å²) in [5, 5.41) is 12.4. The van der Waals surface area contributed by atoms with Crippen LogP contribution in [0.4, 0.5) is 10.5 Å². The summed E-state index contributed by atoms with van der Waals surface area (Å²) in [7, 11) is 1.67. The molecule has 2 N–H and O–H groups in total. The lowest BCUT2D eigenvalue weighted by atomic mass is 9.95. The van der Waals surface area contributed by atoms with E-state index in [0.29, 0.717) is 17.8 Å². The molecule has 0 aromatic heterocycles. The van der Waals surface area contributed by atoms with E-state index in [1.807, 2.05) is 30.3 Å². The second-order valence-electron chi connectivity index (χ2n) is 6.12. The number of amides is 3. The van der Waals surface area contributed by atoms with Crippen molar-refractivity contribution in [2.24, 2.45) is 0 Å². The second-order valence-corrected chi connectivity index (χ2v) is 6.12. The molecule has 0 radical (unpaired) electrons. The molecule has 2 aliphatic heterocycles. The maximum absolute atomic E-state index is 13.1. The zero-order valence-corrected chi connectivity index (χ0v) is 13.6. The Balaban J connectivity index is 1.77. The maximum Gasteiger partial charge on any atom is 0.322 e.